The zero-order chi connectivity index (χ0) is 23.7. The monoisotopic (exact) mass is 476 g/mol. The summed E-state index contributed by atoms with van der Waals surface area (Å²) in [5.41, 5.74) is 2.79. The number of anilines is 1. The topological polar surface area (TPSA) is 91.8 Å². The number of hydrogen-bond acceptors (Lipinski definition) is 7. The Morgan fingerprint density at radius 2 is 1.76 bits per heavy atom. The molecule has 1 N–H and O–H groups in total. The van der Waals surface area contributed by atoms with Crippen LogP contribution < -0.4 is 10.1 Å². The molecule has 1 unspecified atom stereocenters. The zero-order valence-electron chi connectivity index (χ0n) is 18.7. The van der Waals surface area contributed by atoms with Gasteiger partial charge in [0.15, 0.2) is 0 Å². The highest BCUT2D eigenvalue weighted by atomic mass is 32.1. The van der Waals surface area contributed by atoms with Gasteiger partial charge in [-0.25, -0.2) is 4.98 Å². The quantitative estimate of drug-likeness (QED) is 0.570. The van der Waals surface area contributed by atoms with Crippen molar-refractivity contribution in [1.82, 2.24) is 14.8 Å². The first-order valence-electron chi connectivity index (χ1n) is 11.1. The van der Waals surface area contributed by atoms with Crippen molar-refractivity contribution < 1.29 is 19.1 Å². The molecule has 34 heavy (non-hydrogen) atoms. The number of nitrogens with zero attached hydrogens (tertiary/aromatic N) is 3. The Morgan fingerprint density at radius 1 is 1.03 bits per heavy atom. The molecule has 2 aromatic heterocycles. The van der Waals surface area contributed by atoms with E-state index in [1.807, 2.05) is 35.7 Å². The number of piperazine rings is 1. The van der Waals surface area contributed by atoms with Gasteiger partial charge in [-0.3, -0.25) is 14.4 Å². The number of pyridine rings is 1. The summed E-state index contributed by atoms with van der Waals surface area (Å²) in [6.45, 7) is 1.74. The van der Waals surface area contributed by atoms with Crippen molar-refractivity contribution in [3.63, 3.8) is 0 Å². The number of methoxy groups -OCH3 is 1. The minimum absolute atomic E-state index is 0.0636. The second-order valence-corrected chi connectivity index (χ2v) is 9.14. The summed E-state index contributed by atoms with van der Waals surface area (Å²) in [7, 11) is 1.53. The minimum atomic E-state index is -0.650. The number of thiophene rings is 1. The lowest BCUT2D eigenvalue weighted by Gasteiger charge is -2.34. The van der Waals surface area contributed by atoms with Gasteiger partial charge >= 0.3 is 0 Å². The summed E-state index contributed by atoms with van der Waals surface area (Å²) < 4.78 is 5.50. The lowest BCUT2D eigenvalue weighted by Crippen LogP contribution is -2.52. The van der Waals surface area contributed by atoms with Crippen molar-refractivity contribution in [2.75, 3.05) is 45.2 Å². The summed E-state index contributed by atoms with van der Waals surface area (Å²) in [6.07, 6.45) is 1.61. The molecule has 5 rings (SSSR count). The fraction of sp³-hybridized carbons (Fsp3) is 0.280. The molecule has 174 valence electrons. The van der Waals surface area contributed by atoms with Crippen LogP contribution in [0.3, 0.4) is 0 Å². The number of carbonyl (C=O) groups excluding carboxylic acids is 3. The van der Waals surface area contributed by atoms with Gasteiger partial charge in [0.25, 0.3) is 11.8 Å². The van der Waals surface area contributed by atoms with Crippen LogP contribution in [0.4, 0.5) is 5.69 Å². The largest absolute Gasteiger partial charge is 0.495 e. The van der Waals surface area contributed by atoms with Gasteiger partial charge in [-0.15, -0.1) is 11.3 Å². The highest BCUT2D eigenvalue weighted by Gasteiger charge is 2.39. The molecule has 3 aromatic rings. The number of ether oxygens (including phenoxy) is 1. The predicted octanol–water partition coefficient (Wildman–Crippen LogP) is 2.88. The number of Topliss-reactive ketones (excluding diaryl/α,β-unsaturated/α-hetero) is 1. The second-order valence-electron chi connectivity index (χ2n) is 8.19. The standard InChI is InChI=1S/C25H24N4O4S/c1-33-18-15-27-21(19-8-5-13-34-19)22-20(18)17(14-26-22)23(30)25(32)29-11-9-28(10-12-29)24(31)16-6-3-2-4-7-16/h2-8,13,15,17,26H,9-12,14H2,1H3. The number of hydrogen-bond donors (Lipinski definition) is 1. The van der Waals surface area contributed by atoms with Crippen LogP contribution in [0.15, 0.2) is 54.0 Å². The number of fused-ring (bicyclic) bond motifs is 1. The van der Waals surface area contributed by atoms with Crippen molar-refractivity contribution in [3.05, 3.63) is 65.2 Å². The Balaban J connectivity index is 1.31. The molecule has 1 saturated heterocycles. The average molecular weight is 477 g/mol. The van der Waals surface area contributed by atoms with Crippen molar-refractivity contribution >= 4 is 34.6 Å². The van der Waals surface area contributed by atoms with E-state index in [-0.39, 0.29) is 5.91 Å². The molecule has 1 aromatic carbocycles. The first kappa shape index (κ1) is 22.1. The number of benzene rings is 1. The van der Waals surface area contributed by atoms with Gasteiger partial charge in [-0.1, -0.05) is 24.3 Å². The van der Waals surface area contributed by atoms with Crippen LogP contribution in [0, 0.1) is 0 Å². The van der Waals surface area contributed by atoms with E-state index in [0.29, 0.717) is 49.6 Å². The normalized spacial score (nSPS) is 17.1. The van der Waals surface area contributed by atoms with Crippen LogP contribution in [-0.4, -0.2) is 72.2 Å². The van der Waals surface area contributed by atoms with Gasteiger partial charge in [-0.2, -0.15) is 0 Å². The maximum atomic E-state index is 13.3. The third-order valence-electron chi connectivity index (χ3n) is 6.29. The SMILES string of the molecule is COc1cnc(-c2cccs2)c2c1C(C(=O)C(=O)N1CCN(C(=O)c3ccccc3)CC1)CN2. The van der Waals surface area contributed by atoms with E-state index >= 15 is 0 Å². The zero-order valence-corrected chi connectivity index (χ0v) is 19.5. The molecule has 1 atom stereocenters. The van der Waals surface area contributed by atoms with Crippen LogP contribution in [-0.2, 0) is 9.59 Å². The third kappa shape index (κ3) is 3.92. The van der Waals surface area contributed by atoms with E-state index in [1.54, 1.807) is 39.5 Å². The van der Waals surface area contributed by atoms with Crippen LogP contribution in [0.25, 0.3) is 10.6 Å². The maximum absolute atomic E-state index is 13.3. The molecule has 4 heterocycles. The Morgan fingerprint density at radius 3 is 2.44 bits per heavy atom. The van der Waals surface area contributed by atoms with E-state index in [0.717, 1.165) is 16.3 Å². The van der Waals surface area contributed by atoms with E-state index in [4.69, 9.17) is 4.74 Å². The summed E-state index contributed by atoms with van der Waals surface area (Å²) in [5, 5.41) is 5.25. The number of amides is 2. The Hall–Kier alpha value is -3.72. The first-order chi connectivity index (χ1) is 16.6. The van der Waals surface area contributed by atoms with E-state index in [2.05, 4.69) is 10.3 Å². The van der Waals surface area contributed by atoms with Crippen LogP contribution in [0.5, 0.6) is 5.75 Å². The lowest BCUT2D eigenvalue weighted by atomic mass is 9.94. The van der Waals surface area contributed by atoms with Gasteiger partial charge in [-0.05, 0) is 23.6 Å². The van der Waals surface area contributed by atoms with Crippen LogP contribution >= 0.6 is 11.3 Å². The Labute approximate surface area is 201 Å². The molecule has 8 nitrogen and oxygen atoms in total. The third-order valence-corrected chi connectivity index (χ3v) is 7.17. The average Bonchev–Trinajstić information content (AvgIpc) is 3.58. The van der Waals surface area contributed by atoms with Gasteiger partial charge in [0, 0.05) is 43.9 Å². The number of ketones is 1. The summed E-state index contributed by atoms with van der Waals surface area (Å²) in [6, 6.07) is 13.0. The molecule has 0 bridgehead atoms. The van der Waals surface area contributed by atoms with Gasteiger partial charge in [0.2, 0.25) is 5.78 Å². The number of nitrogens with one attached hydrogen (secondary N) is 1. The van der Waals surface area contributed by atoms with Crippen molar-refractivity contribution in [2.45, 2.75) is 5.92 Å². The molecule has 2 amide bonds. The Bertz CT molecular complexity index is 1220. The van der Waals surface area contributed by atoms with Gasteiger partial charge in [0.05, 0.1) is 29.8 Å². The summed E-state index contributed by atoms with van der Waals surface area (Å²) in [5.74, 6) is -1.22. The molecule has 0 spiro atoms. The van der Waals surface area contributed by atoms with E-state index in [9.17, 15) is 14.4 Å². The van der Waals surface area contributed by atoms with Crippen molar-refractivity contribution in [3.8, 4) is 16.3 Å². The van der Waals surface area contributed by atoms with Crippen molar-refractivity contribution in [1.29, 1.82) is 0 Å². The number of aromatic nitrogens is 1. The maximum Gasteiger partial charge on any atom is 0.290 e. The van der Waals surface area contributed by atoms with Crippen LogP contribution in [0.1, 0.15) is 21.8 Å². The van der Waals surface area contributed by atoms with Crippen LogP contribution in [0.2, 0.25) is 0 Å². The number of rotatable bonds is 5. The molecule has 2 aliphatic heterocycles. The molecule has 1 fully saturated rings. The molecular formula is C25H24N4O4S. The fourth-order valence-corrected chi connectivity index (χ4v) is 5.23. The highest BCUT2D eigenvalue weighted by Crippen LogP contribution is 2.44. The molecule has 0 saturated carbocycles. The molecule has 2 aliphatic rings. The molecular weight excluding hydrogens is 452 g/mol. The van der Waals surface area contributed by atoms with Crippen molar-refractivity contribution in [2.24, 2.45) is 0 Å². The van der Waals surface area contributed by atoms with E-state index < -0.39 is 17.6 Å². The van der Waals surface area contributed by atoms with Gasteiger partial charge < -0.3 is 19.9 Å². The summed E-state index contributed by atoms with van der Waals surface area (Å²) >= 11 is 1.56. The fourth-order valence-electron chi connectivity index (χ4n) is 4.51. The number of carbonyl (C=O) groups is 3. The van der Waals surface area contributed by atoms with E-state index in [1.165, 1.54) is 7.11 Å². The molecule has 0 aliphatic carbocycles. The molecule has 9 heteroatoms. The minimum Gasteiger partial charge on any atom is -0.495 e. The first-order valence-corrected chi connectivity index (χ1v) is 12.0. The predicted molar refractivity (Wildman–Crippen MR) is 129 cm³/mol. The molecule has 0 radical (unpaired) electrons. The second kappa shape index (κ2) is 9.26. The Kier molecular flexibility index (Phi) is 6.02. The smallest absolute Gasteiger partial charge is 0.290 e. The van der Waals surface area contributed by atoms with Gasteiger partial charge in [0.1, 0.15) is 11.4 Å². The highest BCUT2D eigenvalue weighted by molar-refractivity contribution is 7.13. The summed E-state index contributed by atoms with van der Waals surface area (Å²) in [4.78, 5) is 47.9. The lowest BCUT2D eigenvalue weighted by molar-refractivity contribution is -0.146.